The van der Waals surface area contributed by atoms with Gasteiger partial charge in [0.2, 0.25) is 0 Å². The minimum atomic E-state index is -4.33. The first-order valence-corrected chi connectivity index (χ1v) is 9.20. The highest BCUT2D eigenvalue weighted by Gasteiger charge is 2.30. The zero-order chi connectivity index (χ0) is 20.4. The van der Waals surface area contributed by atoms with Crippen molar-refractivity contribution in [3.8, 4) is 0 Å². The summed E-state index contributed by atoms with van der Waals surface area (Å²) in [7, 11) is 0. The molecule has 7 heteroatoms. The summed E-state index contributed by atoms with van der Waals surface area (Å²) in [6, 6.07) is 12.8. The lowest BCUT2D eigenvalue weighted by Crippen LogP contribution is -2.09. The highest BCUT2D eigenvalue weighted by atomic mass is 19.4. The second-order valence-electron chi connectivity index (χ2n) is 6.93. The fraction of sp³-hybridized carbons (Fsp3) is 0.182. The van der Waals surface area contributed by atoms with Crippen molar-refractivity contribution < 1.29 is 13.2 Å². The molecule has 0 spiro atoms. The number of benzene rings is 1. The molecule has 2 N–H and O–H groups in total. The van der Waals surface area contributed by atoms with E-state index in [0.29, 0.717) is 5.82 Å². The Morgan fingerprint density at radius 2 is 1.83 bits per heavy atom. The van der Waals surface area contributed by atoms with E-state index in [1.54, 1.807) is 12.4 Å². The minimum absolute atomic E-state index is 0.171. The summed E-state index contributed by atoms with van der Waals surface area (Å²) in [4.78, 5) is 11.9. The first-order chi connectivity index (χ1) is 13.9. The van der Waals surface area contributed by atoms with Crippen molar-refractivity contribution in [2.24, 2.45) is 0 Å². The molecule has 148 valence electrons. The van der Waals surface area contributed by atoms with E-state index in [0.717, 1.165) is 46.3 Å². The molecule has 0 radical (unpaired) electrons. The highest BCUT2D eigenvalue weighted by molar-refractivity contribution is 5.79. The van der Waals surface area contributed by atoms with Gasteiger partial charge in [-0.3, -0.25) is 0 Å². The van der Waals surface area contributed by atoms with E-state index in [-0.39, 0.29) is 6.04 Å². The Balaban J connectivity index is 1.42. The summed E-state index contributed by atoms with van der Waals surface area (Å²) in [6.07, 6.45) is 1.91. The molecule has 4 nitrogen and oxygen atoms in total. The molecule has 3 heterocycles. The number of aromatic amines is 1. The van der Waals surface area contributed by atoms with Crippen molar-refractivity contribution in [1.82, 2.24) is 15.0 Å². The van der Waals surface area contributed by atoms with Crippen LogP contribution in [0.4, 0.5) is 19.0 Å². The SMILES string of the molecule is CC(Nc1ccc(Cc2c[nH]c3ncccc23)cn1)c1ccc(C(F)(F)F)cc1. The van der Waals surface area contributed by atoms with E-state index in [1.165, 1.54) is 12.1 Å². The van der Waals surface area contributed by atoms with E-state index in [2.05, 4.69) is 20.3 Å². The number of nitrogens with zero attached hydrogens (tertiary/aromatic N) is 2. The van der Waals surface area contributed by atoms with Crippen molar-refractivity contribution in [3.05, 3.63) is 89.4 Å². The Labute approximate surface area is 165 Å². The molecule has 0 fully saturated rings. The molecule has 0 aliphatic heterocycles. The third-order valence-corrected chi connectivity index (χ3v) is 4.86. The van der Waals surface area contributed by atoms with Gasteiger partial charge in [0.1, 0.15) is 11.5 Å². The van der Waals surface area contributed by atoms with Crippen LogP contribution in [0.2, 0.25) is 0 Å². The second-order valence-corrected chi connectivity index (χ2v) is 6.93. The number of hydrogen-bond acceptors (Lipinski definition) is 3. The van der Waals surface area contributed by atoms with E-state index < -0.39 is 11.7 Å². The first kappa shape index (κ1) is 19.0. The van der Waals surface area contributed by atoms with E-state index in [9.17, 15) is 13.2 Å². The Morgan fingerprint density at radius 1 is 1.03 bits per heavy atom. The summed E-state index contributed by atoms with van der Waals surface area (Å²) in [5, 5.41) is 4.31. The van der Waals surface area contributed by atoms with Crippen LogP contribution in [0.3, 0.4) is 0 Å². The number of anilines is 1. The normalized spacial score (nSPS) is 12.8. The third kappa shape index (κ3) is 4.23. The maximum Gasteiger partial charge on any atom is 0.416 e. The molecular formula is C22H19F3N4. The van der Waals surface area contributed by atoms with Crippen LogP contribution in [0, 0.1) is 0 Å². The zero-order valence-corrected chi connectivity index (χ0v) is 15.7. The van der Waals surface area contributed by atoms with Crippen molar-refractivity contribution in [2.75, 3.05) is 5.32 Å². The van der Waals surface area contributed by atoms with Crippen LogP contribution in [0.5, 0.6) is 0 Å². The van der Waals surface area contributed by atoms with Gasteiger partial charge in [-0.25, -0.2) is 9.97 Å². The lowest BCUT2D eigenvalue weighted by atomic mass is 10.1. The van der Waals surface area contributed by atoms with Gasteiger partial charge in [0.05, 0.1) is 5.56 Å². The maximum absolute atomic E-state index is 12.7. The van der Waals surface area contributed by atoms with E-state index >= 15 is 0 Å². The van der Waals surface area contributed by atoms with E-state index in [1.807, 2.05) is 37.4 Å². The number of H-pyrrole nitrogens is 1. The van der Waals surface area contributed by atoms with Gasteiger partial charge in [-0.2, -0.15) is 13.2 Å². The number of halogens is 3. The molecule has 3 aromatic heterocycles. The lowest BCUT2D eigenvalue weighted by molar-refractivity contribution is -0.137. The molecule has 4 aromatic rings. The molecule has 0 amide bonds. The summed E-state index contributed by atoms with van der Waals surface area (Å²) in [5.41, 5.74) is 3.17. The molecule has 29 heavy (non-hydrogen) atoms. The van der Waals surface area contributed by atoms with Crippen LogP contribution >= 0.6 is 0 Å². The zero-order valence-electron chi connectivity index (χ0n) is 15.7. The van der Waals surface area contributed by atoms with Gasteiger partial charge in [0.15, 0.2) is 0 Å². The highest BCUT2D eigenvalue weighted by Crippen LogP contribution is 2.30. The minimum Gasteiger partial charge on any atom is -0.364 e. The van der Waals surface area contributed by atoms with Crippen molar-refractivity contribution in [2.45, 2.75) is 25.6 Å². The number of rotatable bonds is 5. The van der Waals surface area contributed by atoms with Gasteiger partial charge >= 0.3 is 6.18 Å². The van der Waals surface area contributed by atoms with Gasteiger partial charge in [-0.15, -0.1) is 0 Å². The summed E-state index contributed by atoms with van der Waals surface area (Å²) >= 11 is 0. The lowest BCUT2D eigenvalue weighted by Gasteiger charge is -2.16. The predicted octanol–water partition coefficient (Wildman–Crippen LogP) is 5.74. The number of aromatic nitrogens is 3. The van der Waals surface area contributed by atoms with Crippen LogP contribution in [0.25, 0.3) is 11.0 Å². The molecule has 4 rings (SSSR count). The molecule has 0 aliphatic carbocycles. The van der Waals surface area contributed by atoms with Crippen LogP contribution in [0.1, 0.15) is 35.2 Å². The van der Waals surface area contributed by atoms with Crippen molar-refractivity contribution in [3.63, 3.8) is 0 Å². The monoisotopic (exact) mass is 396 g/mol. The largest absolute Gasteiger partial charge is 0.416 e. The maximum atomic E-state index is 12.7. The number of nitrogens with one attached hydrogen (secondary N) is 2. The molecular weight excluding hydrogens is 377 g/mol. The van der Waals surface area contributed by atoms with Gasteiger partial charge in [-0.05, 0) is 53.9 Å². The van der Waals surface area contributed by atoms with Crippen LogP contribution in [-0.2, 0) is 12.6 Å². The summed E-state index contributed by atoms with van der Waals surface area (Å²) < 4.78 is 38.1. The van der Waals surface area contributed by atoms with Gasteiger partial charge in [-0.1, -0.05) is 18.2 Å². The Morgan fingerprint density at radius 3 is 2.52 bits per heavy atom. The number of fused-ring (bicyclic) bond motifs is 1. The van der Waals surface area contributed by atoms with Crippen molar-refractivity contribution >= 4 is 16.9 Å². The predicted molar refractivity (Wildman–Crippen MR) is 107 cm³/mol. The van der Waals surface area contributed by atoms with E-state index in [4.69, 9.17) is 0 Å². The fourth-order valence-electron chi connectivity index (χ4n) is 3.26. The number of hydrogen-bond donors (Lipinski definition) is 2. The van der Waals surface area contributed by atoms with Crippen LogP contribution in [-0.4, -0.2) is 15.0 Å². The Hall–Kier alpha value is -3.35. The quantitative estimate of drug-likeness (QED) is 0.452. The molecule has 1 aromatic carbocycles. The Kier molecular flexibility index (Phi) is 4.96. The molecule has 0 bridgehead atoms. The summed E-state index contributed by atoms with van der Waals surface area (Å²) in [6.45, 7) is 1.89. The second kappa shape index (κ2) is 7.58. The molecule has 1 unspecified atom stereocenters. The summed E-state index contributed by atoms with van der Waals surface area (Å²) in [5.74, 6) is 0.668. The van der Waals surface area contributed by atoms with Gasteiger partial charge in [0.25, 0.3) is 0 Å². The van der Waals surface area contributed by atoms with Crippen LogP contribution in [0.15, 0.2) is 67.1 Å². The van der Waals surface area contributed by atoms with Crippen molar-refractivity contribution in [1.29, 1.82) is 0 Å². The standard InChI is InChI=1S/C22H19F3N4/c1-14(16-5-7-18(8-6-16)22(23,24)25)29-20-9-4-15(12-27-20)11-17-13-28-21-19(17)3-2-10-26-21/h2-10,12-14H,11H2,1H3,(H,26,28)(H,27,29). The third-order valence-electron chi connectivity index (χ3n) is 4.86. The molecule has 0 saturated carbocycles. The molecule has 0 saturated heterocycles. The molecule has 0 aliphatic rings. The number of pyridine rings is 2. The molecule has 1 atom stereocenters. The first-order valence-electron chi connectivity index (χ1n) is 9.20. The fourth-order valence-corrected chi connectivity index (χ4v) is 3.26. The van der Waals surface area contributed by atoms with Crippen LogP contribution < -0.4 is 5.32 Å². The topological polar surface area (TPSA) is 53.6 Å². The average Bonchev–Trinajstić information content (AvgIpc) is 3.12. The number of alkyl halides is 3. The van der Waals surface area contributed by atoms with Gasteiger partial charge in [0, 0.05) is 36.4 Å². The van der Waals surface area contributed by atoms with Gasteiger partial charge < -0.3 is 10.3 Å². The average molecular weight is 396 g/mol. The smallest absolute Gasteiger partial charge is 0.364 e. The Bertz CT molecular complexity index is 1100.